The molecule has 2 heterocycles. The van der Waals surface area contributed by atoms with Crippen molar-refractivity contribution in [3.05, 3.63) is 35.4 Å². The maximum absolute atomic E-state index is 11.7. The second kappa shape index (κ2) is 4.71. The van der Waals surface area contributed by atoms with Crippen LogP contribution >= 0.6 is 0 Å². The SMILES string of the molecule is C=C[C@]1(C(=O)O)O[C@@H](n2ccc(N)nc2=O)[C@H](O)[C@@H]1O. The van der Waals surface area contributed by atoms with Gasteiger partial charge in [-0.25, -0.2) is 9.59 Å². The summed E-state index contributed by atoms with van der Waals surface area (Å²) in [5, 5.41) is 28.9. The van der Waals surface area contributed by atoms with Crippen molar-refractivity contribution in [2.24, 2.45) is 0 Å². The molecule has 108 valence electrons. The zero-order valence-corrected chi connectivity index (χ0v) is 10.2. The van der Waals surface area contributed by atoms with Crippen LogP contribution in [0.4, 0.5) is 5.82 Å². The highest BCUT2D eigenvalue weighted by Gasteiger charge is 2.58. The molecular formula is C11H13N3O6. The number of aliphatic carboxylic acids is 1. The highest BCUT2D eigenvalue weighted by atomic mass is 16.6. The molecule has 2 rings (SSSR count). The molecule has 4 atom stereocenters. The number of aromatic nitrogens is 2. The zero-order valence-electron chi connectivity index (χ0n) is 10.2. The summed E-state index contributed by atoms with van der Waals surface area (Å²) in [6.07, 6.45) is -2.80. The van der Waals surface area contributed by atoms with E-state index in [2.05, 4.69) is 11.6 Å². The lowest BCUT2D eigenvalue weighted by Gasteiger charge is -2.23. The van der Waals surface area contributed by atoms with E-state index < -0.39 is 35.7 Å². The van der Waals surface area contributed by atoms with Crippen LogP contribution in [0.2, 0.25) is 0 Å². The molecule has 0 unspecified atom stereocenters. The van der Waals surface area contributed by atoms with Crippen LogP contribution in [0.5, 0.6) is 0 Å². The van der Waals surface area contributed by atoms with Crippen molar-refractivity contribution in [1.29, 1.82) is 0 Å². The maximum Gasteiger partial charge on any atom is 0.351 e. The number of aliphatic hydroxyl groups is 2. The van der Waals surface area contributed by atoms with Crippen molar-refractivity contribution >= 4 is 11.8 Å². The topological polar surface area (TPSA) is 148 Å². The molecule has 1 aromatic heterocycles. The van der Waals surface area contributed by atoms with Gasteiger partial charge in [0.25, 0.3) is 0 Å². The summed E-state index contributed by atoms with van der Waals surface area (Å²) in [7, 11) is 0. The van der Waals surface area contributed by atoms with Gasteiger partial charge in [0.2, 0.25) is 5.60 Å². The van der Waals surface area contributed by atoms with Crippen molar-refractivity contribution in [1.82, 2.24) is 9.55 Å². The number of rotatable bonds is 3. The van der Waals surface area contributed by atoms with E-state index in [0.717, 1.165) is 10.6 Å². The van der Waals surface area contributed by atoms with Gasteiger partial charge in [-0.05, 0) is 12.1 Å². The fraction of sp³-hybridized carbons (Fsp3) is 0.364. The Morgan fingerprint density at radius 1 is 1.60 bits per heavy atom. The van der Waals surface area contributed by atoms with E-state index in [1.54, 1.807) is 0 Å². The normalized spacial score (nSPS) is 33.0. The van der Waals surface area contributed by atoms with Gasteiger partial charge in [0, 0.05) is 6.20 Å². The van der Waals surface area contributed by atoms with E-state index in [-0.39, 0.29) is 5.82 Å². The first kappa shape index (κ1) is 14.2. The molecule has 9 heteroatoms. The number of ether oxygens (including phenoxy) is 1. The maximum atomic E-state index is 11.7. The molecule has 20 heavy (non-hydrogen) atoms. The van der Waals surface area contributed by atoms with Crippen molar-refractivity contribution in [2.45, 2.75) is 24.0 Å². The van der Waals surface area contributed by atoms with Crippen LogP contribution in [0.25, 0.3) is 0 Å². The van der Waals surface area contributed by atoms with Gasteiger partial charge in [0.1, 0.15) is 18.0 Å². The molecular weight excluding hydrogens is 270 g/mol. The number of carboxylic acids is 1. The lowest BCUT2D eigenvalue weighted by molar-refractivity contribution is -0.167. The summed E-state index contributed by atoms with van der Waals surface area (Å²) in [6, 6.07) is 1.28. The summed E-state index contributed by atoms with van der Waals surface area (Å²) in [5.41, 5.74) is 2.28. The second-order valence-corrected chi connectivity index (χ2v) is 4.29. The number of carbonyl (C=O) groups is 1. The first-order valence-corrected chi connectivity index (χ1v) is 5.59. The Balaban J connectivity index is 2.48. The van der Waals surface area contributed by atoms with Crippen LogP contribution < -0.4 is 11.4 Å². The second-order valence-electron chi connectivity index (χ2n) is 4.29. The van der Waals surface area contributed by atoms with Crippen molar-refractivity contribution in [3.8, 4) is 0 Å². The molecule has 0 radical (unpaired) electrons. The fourth-order valence-electron chi connectivity index (χ4n) is 2.02. The van der Waals surface area contributed by atoms with Crippen molar-refractivity contribution < 1.29 is 24.9 Å². The monoisotopic (exact) mass is 283 g/mol. The number of nitrogen functional groups attached to an aromatic ring is 1. The van der Waals surface area contributed by atoms with Gasteiger partial charge in [-0.3, -0.25) is 4.57 Å². The van der Waals surface area contributed by atoms with Gasteiger partial charge in [-0.1, -0.05) is 6.58 Å². The number of nitrogens with two attached hydrogens (primary N) is 1. The summed E-state index contributed by atoms with van der Waals surface area (Å²) in [4.78, 5) is 26.3. The van der Waals surface area contributed by atoms with Crippen LogP contribution in [0.1, 0.15) is 6.23 Å². The lowest BCUT2D eigenvalue weighted by Crippen LogP contribution is -2.48. The first-order chi connectivity index (χ1) is 9.33. The van der Waals surface area contributed by atoms with Gasteiger partial charge >= 0.3 is 11.7 Å². The number of anilines is 1. The number of hydrogen-bond acceptors (Lipinski definition) is 7. The van der Waals surface area contributed by atoms with Gasteiger partial charge in [-0.2, -0.15) is 4.98 Å². The lowest BCUT2D eigenvalue weighted by atomic mass is 9.95. The van der Waals surface area contributed by atoms with E-state index in [4.69, 9.17) is 15.6 Å². The highest BCUT2D eigenvalue weighted by molar-refractivity contribution is 5.81. The minimum Gasteiger partial charge on any atom is -0.479 e. The number of nitrogens with zero attached hydrogens (tertiary/aromatic N) is 2. The van der Waals surface area contributed by atoms with Gasteiger partial charge in [-0.15, -0.1) is 0 Å². The highest BCUT2D eigenvalue weighted by Crippen LogP contribution is 2.37. The molecule has 0 bridgehead atoms. The summed E-state index contributed by atoms with van der Waals surface area (Å²) in [6.45, 7) is 3.29. The van der Waals surface area contributed by atoms with E-state index in [1.807, 2.05) is 0 Å². The third-order valence-corrected chi connectivity index (χ3v) is 3.13. The molecule has 9 nitrogen and oxygen atoms in total. The first-order valence-electron chi connectivity index (χ1n) is 5.59. The van der Waals surface area contributed by atoms with E-state index in [9.17, 15) is 19.8 Å². The Morgan fingerprint density at radius 2 is 2.25 bits per heavy atom. The Hall–Kier alpha value is -2.23. The standard InChI is InChI=1S/C11H13N3O6/c1-2-11(9(17)18)7(16)6(15)8(20-11)14-4-3-5(12)13-10(14)19/h2-4,6-8,15-16H,1H2,(H,17,18)(H2,12,13,19)/t6-,7+,8-,11+/m1/s1. The Morgan fingerprint density at radius 3 is 2.70 bits per heavy atom. The van der Waals surface area contributed by atoms with Gasteiger partial charge in [0.15, 0.2) is 6.23 Å². The number of aliphatic hydroxyl groups excluding tert-OH is 2. The zero-order chi connectivity index (χ0) is 15.1. The minimum atomic E-state index is -2.20. The third kappa shape index (κ3) is 1.88. The van der Waals surface area contributed by atoms with Crippen LogP contribution in [0.15, 0.2) is 29.7 Å². The molecule has 1 aromatic rings. The van der Waals surface area contributed by atoms with Gasteiger partial charge in [0.05, 0.1) is 0 Å². The predicted octanol–water partition coefficient (Wildman–Crippen LogP) is -1.91. The van der Waals surface area contributed by atoms with Crippen molar-refractivity contribution in [3.63, 3.8) is 0 Å². The quantitative estimate of drug-likeness (QED) is 0.469. The summed E-state index contributed by atoms with van der Waals surface area (Å²) < 4.78 is 6.00. The molecule has 1 fully saturated rings. The average molecular weight is 283 g/mol. The smallest absolute Gasteiger partial charge is 0.351 e. The van der Waals surface area contributed by atoms with Crippen LogP contribution in [-0.2, 0) is 9.53 Å². The Bertz CT molecular complexity index is 614. The van der Waals surface area contributed by atoms with Crippen LogP contribution in [0.3, 0.4) is 0 Å². The Labute approximate surface area is 112 Å². The summed E-state index contributed by atoms with van der Waals surface area (Å²) >= 11 is 0. The third-order valence-electron chi connectivity index (χ3n) is 3.13. The molecule has 0 spiro atoms. The van der Waals surface area contributed by atoms with Crippen molar-refractivity contribution in [2.75, 3.05) is 5.73 Å². The van der Waals surface area contributed by atoms with E-state index in [0.29, 0.717) is 0 Å². The molecule has 1 aliphatic rings. The van der Waals surface area contributed by atoms with E-state index >= 15 is 0 Å². The van der Waals surface area contributed by atoms with E-state index in [1.165, 1.54) is 12.3 Å². The Kier molecular flexibility index (Phi) is 3.34. The number of carboxylic acid groups (broad SMARTS) is 1. The van der Waals surface area contributed by atoms with Gasteiger partial charge < -0.3 is 25.8 Å². The molecule has 5 N–H and O–H groups in total. The molecule has 0 aromatic carbocycles. The largest absolute Gasteiger partial charge is 0.479 e. The predicted molar refractivity (Wildman–Crippen MR) is 65.6 cm³/mol. The molecule has 0 amide bonds. The fourth-order valence-corrected chi connectivity index (χ4v) is 2.02. The van der Waals surface area contributed by atoms with Crippen LogP contribution in [-0.4, -0.2) is 48.6 Å². The van der Waals surface area contributed by atoms with Crippen LogP contribution in [0, 0.1) is 0 Å². The molecule has 0 aliphatic carbocycles. The molecule has 1 aliphatic heterocycles. The molecule has 1 saturated heterocycles. The minimum absolute atomic E-state index is 0.0347. The molecule has 0 saturated carbocycles. The summed E-state index contributed by atoms with van der Waals surface area (Å²) in [5.74, 6) is -1.56. The average Bonchev–Trinajstić information content (AvgIpc) is 2.64. The number of hydrogen-bond donors (Lipinski definition) is 4.